The Kier molecular flexibility index (Phi) is 8.21. The lowest BCUT2D eigenvalue weighted by Gasteiger charge is -2.06. The first kappa shape index (κ1) is 21.3. The van der Waals surface area contributed by atoms with Gasteiger partial charge in [0, 0.05) is 10.6 Å². The number of carbonyl (C=O) groups excluding carboxylic acids is 1. The number of hydrogen-bond donors (Lipinski definition) is 0. The van der Waals surface area contributed by atoms with Crippen LogP contribution in [0.3, 0.4) is 0 Å². The van der Waals surface area contributed by atoms with E-state index in [9.17, 15) is 13.2 Å². The van der Waals surface area contributed by atoms with Crippen LogP contribution >= 0.6 is 23.5 Å². The third-order valence-corrected chi connectivity index (χ3v) is 6.04. The molecule has 144 valence electrons. The number of methoxy groups -OCH3 is 1. The molecule has 0 N–H and O–H groups in total. The van der Waals surface area contributed by atoms with Crippen molar-refractivity contribution in [3.8, 4) is 0 Å². The van der Waals surface area contributed by atoms with E-state index < -0.39 is 16.1 Å². The molecule has 0 fully saturated rings. The molecule has 0 bridgehead atoms. The van der Waals surface area contributed by atoms with Crippen molar-refractivity contribution in [1.29, 1.82) is 0 Å². The van der Waals surface area contributed by atoms with Gasteiger partial charge in [0.25, 0.3) is 0 Å². The highest BCUT2D eigenvalue weighted by molar-refractivity contribution is 8.15. The quantitative estimate of drug-likeness (QED) is 0.220. The Hall–Kier alpha value is -1.97. The zero-order chi connectivity index (χ0) is 19.7. The van der Waals surface area contributed by atoms with Crippen LogP contribution in [0.25, 0.3) is 0 Å². The molecule has 2 aromatic carbocycles. The molecule has 0 heterocycles. The zero-order valence-electron chi connectivity index (χ0n) is 14.8. The van der Waals surface area contributed by atoms with Crippen molar-refractivity contribution in [2.75, 3.05) is 13.4 Å². The third-order valence-electron chi connectivity index (χ3n) is 3.31. The molecular weight excluding hydrogens is 406 g/mol. The van der Waals surface area contributed by atoms with Crippen LogP contribution in [-0.4, -0.2) is 32.8 Å². The van der Waals surface area contributed by atoms with Gasteiger partial charge in [-0.3, -0.25) is 4.28 Å². The minimum atomic E-state index is -3.97. The normalized spacial score (nSPS) is 11.9. The highest BCUT2D eigenvalue weighted by Gasteiger charge is 2.18. The van der Waals surface area contributed by atoms with Gasteiger partial charge in [0.2, 0.25) is 5.04 Å². The molecule has 27 heavy (non-hydrogen) atoms. The predicted molar refractivity (Wildman–Crippen MR) is 109 cm³/mol. The van der Waals surface area contributed by atoms with E-state index in [1.165, 1.54) is 7.11 Å². The maximum atomic E-state index is 12.1. The SMILES string of the molecule is COC(=O)C(=NOS(=O)(=O)Cc1ccccc1)SCc1ccc(SC)cc1. The van der Waals surface area contributed by atoms with Crippen LogP contribution in [0.15, 0.2) is 64.6 Å². The van der Waals surface area contributed by atoms with E-state index in [0.717, 1.165) is 22.2 Å². The summed E-state index contributed by atoms with van der Waals surface area (Å²) in [5.74, 6) is -0.673. The number of rotatable bonds is 7. The van der Waals surface area contributed by atoms with Gasteiger partial charge in [-0.05, 0) is 29.5 Å². The van der Waals surface area contributed by atoms with Crippen molar-refractivity contribution in [3.63, 3.8) is 0 Å². The first-order chi connectivity index (χ1) is 12.9. The summed E-state index contributed by atoms with van der Waals surface area (Å²) in [5, 5.41) is 3.36. The lowest BCUT2D eigenvalue weighted by molar-refractivity contribution is -0.132. The third kappa shape index (κ3) is 7.28. The molecule has 0 spiro atoms. The molecule has 0 radical (unpaired) electrons. The number of carbonyl (C=O) groups is 1. The van der Waals surface area contributed by atoms with Crippen LogP contribution < -0.4 is 0 Å². The summed E-state index contributed by atoms with van der Waals surface area (Å²) in [6.45, 7) is 0. The van der Waals surface area contributed by atoms with Crippen molar-refractivity contribution in [2.24, 2.45) is 5.16 Å². The first-order valence-electron chi connectivity index (χ1n) is 7.81. The molecule has 2 rings (SSSR count). The fourth-order valence-electron chi connectivity index (χ4n) is 1.98. The molecule has 0 atom stereocenters. The van der Waals surface area contributed by atoms with Gasteiger partial charge in [0.15, 0.2) is 0 Å². The Labute approximate surface area is 167 Å². The average Bonchev–Trinajstić information content (AvgIpc) is 2.68. The van der Waals surface area contributed by atoms with Crippen LogP contribution in [0.1, 0.15) is 11.1 Å². The maximum absolute atomic E-state index is 12.1. The van der Waals surface area contributed by atoms with E-state index in [1.807, 2.05) is 30.5 Å². The summed E-state index contributed by atoms with van der Waals surface area (Å²) in [6, 6.07) is 16.4. The largest absolute Gasteiger partial charge is 0.464 e. The van der Waals surface area contributed by atoms with Gasteiger partial charge in [0.05, 0.1) is 7.11 Å². The van der Waals surface area contributed by atoms with E-state index in [4.69, 9.17) is 0 Å². The van der Waals surface area contributed by atoms with E-state index in [1.54, 1.807) is 42.1 Å². The standard InChI is InChI=1S/C18H19NO5S3/c1-23-18(20)17(26-12-14-8-10-16(25-2)11-9-14)19-24-27(21,22)13-15-6-4-3-5-7-15/h3-11H,12-13H2,1-2H3. The molecule has 0 saturated carbocycles. The van der Waals surface area contributed by atoms with E-state index in [0.29, 0.717) is 11.3 Å². The summed E-state index contributed by atoms with van der Waals surface area (Å²) < 4.78 is 33.5. The number of benzene rings is 2. The second kappa shape index (κ2) is 10.4. The number of esters is 1. The second-order valence-electron chi connectivity index (χ2n) is 5.29. The first-order valence-corrected chi connectivity index (χ1v) is 11.6. The summed E-state index contributed by atoms with van der Waals surface area (Å²) in [7, 11) is -2.78. The Morgan fingerprint density at radius 3 is 2.30 bits per heavy atom. The molecule has 0 aliphatic carbocycles. The molecule has 0 saturated heterocycles. The van der Waals surface area contributed by atoms with Crippen molar-refractivity contribution in [1.82, 2.24) is 0 Å². The lowest BCUT2D eigenvalue weighted by atomic mass is 10.2. The minimum absolute atomic E-state index is 0.164. The number of hydrogen-bond acceptors (Lipinski definition) is 8. The molecule has 0 unspecified atom stereocenters. The van der Waals surface area contributed by atoms with Crippen molar-refractivity contribution in [2.45, 2.75) is 16.4 Å². The van der Waals surface area contributed by atoms with E-state index in [2.05, 4.69) is 14.2 Å². The molecule has 9 heteroatoms. The van der Waals surface area contributed by atoms with Crippen molar-refractivity contribution >= 4 is 44.7 Å². The van der Waals surface area contributed by atoms with Gasteiger partial charge in [0.1, 0.15) is 5.75 Å². The number of oxime groups is 1. The summed E-state index contributed by atoms with van der Waals surface area (Å²) in [5.41, 5.74) is 1.52. The van der Waals surface area contributed by atoms with Gasteiger partial charge in [-0.25, -0.2) is 4.79 Å². The van der Waals surface area contributed by atoms with Crippen molar-refractivity contribution in [3.05, 3.63) is 65.7 Å². The number of ether oxygens (including phenoxy) is 1. The Bertz CT molecular complexity index is 881. The average molecular weight is 426 g/mol. The van der Waals surface area contributed by atoms with Crippen LogP contribution in [0.5, 0.6) is 0 Å². The highest BCUT2D eigenvalue weighted by Crippen LogP contribution is 2.20. The van der Waals surface area contributed by atoms with Gasteiger partial charge in [-0.15, -0.1) is 11.8 Å². The van der Waals surface area contributed by atoms with Crippen LogP contribution in [0, 0.1) is 0 Å². The number of thioether (sulfide) groups is 2. The fourth-order valence-corrected chi connectivity index (χ4v) is 4.06. The summed E-state index contributed by atoms with van der Waals surface area (Å²) in [4.78, 5) is 13.0. The molecule has 0 amide bonds. The molecule has 0 aromatic heterocycles. The number of nitrogens with zero attached hydrogens (tertiary/aromatic N) is 1. The molecule has 0 aliphatic heterocycles. The lowest BCUT2D eigenvalue weighted by Crippen LogP contribution is -2.15. The van der Waals surface area contributed by atoms with Crippen molar-refractivity contribution < 1.29 is 22.2 Å². The Morgan fingerprint density at radius 1 is 1.04 bits per heavy atom. The fraction of sp³-hybridized carbons (Fsp3) is 0.222. The van der Waals surface area contributed by atoms with Gasteiger partial charge in [-0.1, -0.05) is 59.4 Å². The van der Waals surface area contributed by atoms with Crippen LogP contribution in [-0.2, 0) is 35.4 Å². The summed E-state index contributed by atoms with van der Waals surface area (Å²) >= 11 is 2.68. The molecule has 6 nitrogen and oxygen atoms in total. The van der Waals surface area contributed by atoms with Gasteiger partial charge < -0.3 is 4.74 Å². The summed E-state index contributed by atoms with van der Waals surface area (Å²) in [6.07, 6.45) is 1.99. The highest BCUT2D eigenvalue weighted by atomic mass is 32.2. The predicted octanol–water partition coefficient (Wildman–Crippen LogP) is 3.67. The maximum Gasteiger partial charge on any atom is 0.366 e. The second-order valence-corrected chi connectivity index (χ2v) is 8.68. The molecule has 0 aliphatic rings. The van der Waals surface area contributed by atoms with Crippen LogP contribution in [0.2, 0.25) is 0 Å². The molecule has 2 aromatic rings. The van der Waals surface area contributed by atoms with Gasteiger partial charge >= 0.3 is 16.1 Å². The molecular formula is C18H19NO5S3. The smallest absolute Gasteiger partial charge is 0.366 e. The zero-order valence-corrected chi connectivity index (χ0v) is 17.3. The van der Waals surface area contributed by atoms with Gasteiger partial charge in [-0.2, -0.15) is 8.42 Å². The monoisotopic (exact) mass is 425 g/mol. The van der Waals surface area contributed by atoms with Crippen LogP contribution in [0.4, 0.5) is 0 Å². The van der Waals surface area contributed by atoms with E-state index in [-0.39, 0.29) is 10.8 Å². The van der Waals surface area contributed by atoms with E-state index >= 15 is 0 Å². The minimum Gasteiger partial charge on any atom is -0.464 e. The topological polar surface area (TPSA) is 82.0 Å². The Morgan fingerprint density at radius 2 is 1.70 bits per heavy atom. The Balaban J connectivity index is 2.04.